The number of nitrogens with one attached hydrogen (secondary N) is 3. The van der Waals surface area contributed by atoms with Gasteiger partial charge in [-0.05, 0) is 33.7 Å². The van der Waals surface area contributed by atoms with Gasteiger partial charge in [-0.15, -0.1) is 16.9 Å². The molecule has 2 aliphatic rings. The summed E-state index contributed by atoms with van der Waals surface area (Å²) in [5.74, 6) is -2.45. The number of carboxylic acid groups (broad SMARTS) is 1. The minimum Gasteiger partial charge on any atom is -0.508 e. The van der Waals surface area contributed by atoms with Crippen LogP contribution in [0.5, 0.6) is 5.75 Å². The van der Waals surface area contributed by atoms with Gasteiger partial charge in [-0.1, -0.05) is 23.9 Å². The SMILES string of the molecule is CNc1ncc(N(C(N)=O)C(C(=O)NC2C(=O)N3C(C(=O)O)=C(CSc4nnnn4C)CS[C@@H]23)c2ccc(O)cc2)c(=O)[nH]1. The summed E-state index contributed by atoms with van der Waals surface area (Å²) in [5.41, 5.74) is 4.96. The zero-order valence-corrected chi connectivity index (χ0v) is 24.6. The maximum Gasteiger partial charge on any atom is 0.352 e. The maximum atomic E-state index is 13.9. The Hall–Kier alpha value is -5.11. The fourth-order valence-electron chi connectivity index (χ4n) is 4.67. The molecule has 20 heteroatoms. The number of primary amides is 1. The van der Waals surface area contributed by atoms with Crippen LogP contribution in [-0.4, -0.2) is 99.1 Å². The molecule has 0 aliphatic carbocycles. The van der Waals surface area contributed by atoms with Crippen molar-refractivity contribution < 1.29 is 29.4 Å². The lowest BCUT2D eigenvalue weighted by molar-refractivity contribution is -0.150. The van der Waals surface area contributed by atoms with Crippen LogP contribution in [0.1, 0.15) is 11.6 Å². The number of fused-ring (bicyclic) bond motifs is 1. The molecule has 1 saturated heterocycles. The van der Waals surface area contributed by atoms with Gasteiger partial charge in [0.15, 0.2) is 0 Å². The number of aryl methyl sites for hydroxylation is 1. The number of amides is 4. The molecule has 4 heterocycles. The highest BCUT2D eigenvalue weighted by Crippen LogP contribution is 2.42. The molecule has 0 bridgehead atoms. The zero-order valence-electron chi connectivity index (χ0n) is 23.0. The lowest BCUT2D eigenvalue weighted by atomic mass is 10.00. The average Bonchev–Trinajstić information content (AvgIpc) is 3.41. The standard InChI is InChI=1S/C24H25N11O7S2/c1-26-23-27-7-13(17(37)29-23)34(22(25)42)15(10-3-5-12(36)6-4-10)18(38)28-14-19(39)35-16(21(40)41)11(8-43-20(14)35)9-44-24-30-31-32-33(24)2/h3-7,14-15,20,36H,8-9H2,1-2H3,(H2,25,42)(H,28,38)(H,40,41)(H2,26,27,29,37)/t14?,15?,20-/m0/s1. The number of benzene rings is 1. The van der Waals surface area contributed by atoms with Crippen LogP contribution in [0.3, 0.4) is 0 Å². The molecule has 1 aromatic carbocycles. The molecule has 230 valence electrons. The van der Waals surface area contributed by atoms with E-state index in [0.717, 1.165) is 16.0 Å². The number of aliphatic carboxylic acids is 1. The number of β-lactam (4-membered cyclic amide) rings is 1. The lowest BCUT2D eigenvalue weighted by Crippen LogP contribution is -2.71. The van der Waals surface area contributed by atoms with Crippen molar-refractivity contribution in [3.63, 3.8) is 0 Å². The molecule has 0 spiro atoms. The van der Waals surface area contributed by atoms with E-state index in [4.69, 9.17) is 5.73 Å². The Morgan fingerprint density at radius 1 is 1.27 bits per heavy atom. The average molecular weight is 644 g/mol. The van der Waals surface area contributed by atoms with Gasteiger partial charge in [-0.2, -0.15) is 0 Å². The summed E-state index contributed by atoms with van der Waals surface area (Å²) in [4.78, 5) is 73.3. The molecule has 4 amide bonds. The van der Waals surface area contributed by atoms with Gasteiger partial charge in [0.1, 0.15) is 34.6 Å². The van der Waals surface area contributed by atoms with Gasteiger partial charge in [0.25, 0.3) is 11.5 Å². The Labute approximate surface area is 256 Å². The normalized spacial score (nSPS) is 18.2. The van der Waals surface area contributed by atoms with Crippen molar-refractivity contribution in [3.8, 4) is 5.75 Å². The number of rotatable bonds is 10. The predicted octanol–water partition coefficient (Wildman–Crippen LogP) is -0.802. The molecule has 18 nitrogen and oxygen atoms in total. The summed E-state index contributed by atoms with van der Waals surface area (Å²) in [7, 11) is 3.16. The summed E-state index contributed by atoms with van der Waals surface area (Å²) < 4.78 is 1.43. The number of aromatic amines is 1. The van der Waals surface area contributed by atoms with Gasteiger partial charge >= 0.3 is 12.0 Å². The first-order valence-corrected chi connectivity index (χ1v) is 14.8. The van der Waals surface area contributed by atoms with E-state index in [-0.39, 0.29) is 40.2 Å². The third-order valence-corrected chi connectivity index (χ3v) is 9.17. The van der Waals surface area contributed by atoms with E-state index in [1.54, 1.807) is 7.05 Å². The third-order valence-electron chi connectivity index (χ3n) is 6.73. The fraction of sp³-hybridized carbons (Fsp3) is 0.292. The van der Waals surface area contributed by atoms with Crippen LogP contribution in [0.2, 0.25) is 0 Å². The molecule has 44 heavy (non-hydrogen) atoms. The highest BCUT2D eigenvalue weighted by molar-refractivity contribution is 8.01. The van der Waals surface area contributed by atoms with Crippen molar-refractivity contribution >= 4 is 59.0 Å². The predicted molar refractivity (Wildman–Crippen MR) is 157 cm³/mol. The van der Waals surface area contributed by atoms with E-state index < -0.39 is 46.8 Å². The number of anilines is 2. The molecule has 7 N–H and O–H groups in total. The van der Waals surface area contributed by atoms with Gasteiger partial charge in [0.2, 0.25) is 17.0 Å². The Kier molecular flexibility index (Phi) is 8.45. The molecular weight excluding hydrogens is 618 g/mol. The molecule has 0 saturated carbocycles. The smallest absolute Gasteiger partial charge is 0.352 e. The second kappa shape index (κ2) is 12.2. The number of nitrogens with two attached hydrogens (primary N) is 1. The molecule has 5 rings (SSSR count). The summed E-state index contributed by atoms with van der Waals surface area (Å²) in [5, 5.41) is 35.9. The van der Waals surface area contributed by atoms with Gasteiger partial charge in [-0.25, -0.2) is 19.3 Å². The largest absolute Gasteiger partial charge is 0.508 e. The monoisotopic (exact) mass is 643 g/mol. The molecule has 3 atom stereocenters. The number of phenols is 1. The third kappa shape index (κ3) is 5.63. The van der Waals surface area contributed by atoms with Crippen LogP contribution in [0.25, 0.3) is 0 Å². The first-order valence-electron chi connectivity index (χ1n) is 12.7. The second-order valence-electron chi connectivity index (χ2n) is 9.43. The number of aromatic hydroxyl groups is 1. The van der Waals surface area contributed by atoms with Crippen LogP contribution >= 0.6 is 23.5 Å². The zero-order chi connectivity index (χ0) is 31.7. The first-order chi connectivity index (χ1) is 21.0. The number of hydrogen-bond acceptors (Lipinski definition) is 13. The van der Waals surface area contributed by atoms with E-state index >= 15 is 0 Å². The Balaban J connectivity index is 1.43. The fourth-order valence-corrected chi connectivity index (χ4v) is 7.00. The van der Waals surface area contributed by atoms with Crippen molar-refractivity contribution in [1.82, 2.24) is 40.4 Å². The van der Waals surface area contributed by atoms with Gasteiger partial charge < -0.3 is 26.6 Å². The number of nitrogens with zero attached hydrogens (tertiary/aromatic N) is 7. The number of carbonyl (C=O) groups is 4. The van der Waals surface area contributed by atoms with Crippen molar-refractivity contribution in [1.29, 1.82) is 0 Å². The number of urea groups is 1. The van der Waals surface area contributed by atoms with Crippen molar-refractivity contribution in [2.24, 2.45) is 12.8 Å². The first kappa shape index (κ1) is 30.4. The minimum absolute atomic E-state index is 0.0941. The summed E-state index contributed by atoms with van der Waals surface area (Å²) >= 11 is 2.46. The van der Waals surface area contributed by atoms with E-state index in [1.165, 1.54) is 59.5 Å². The quantitative estimate of drug-likeness (QED) is 0.117. The lowest BCUT2D eigenvalue weighted by Gasteiger charge is -2.49. The second-order valence-corrected chi connectivity index (χ2v) is 11.5. The van der Waals surface area contributed by atoms with Crippen LogP contribution in [0, 0.1) is 0 Å². The molecule has 0 radical (unpaired) electrons. The summed E-state index contributed by atoms with van der Waals surface area (Å²) in [6.45, 7) is 0. The number of aromatic nitrogens is 6. The number of H-pyrrole nitrogens is 1. The Morgan fingerprint density at radius 2 is 2.00 bits per heavy atom. The molecule has 1 fully saturated rings. The van der Waals surface area contributed by atoms with Crippen LogP contribution in [0.4, 0.5) is 16.4 Å². The number of phenolic OH excluding ortho intramolecular Hbond substituents is 1. The van der Waals surface area contributed by atoms with Gasteiger partial charge in [0.05, 0.1) is 6.20 Å². The van der Waals surface area contributed by atoms with E-state index in [2.05, 4.69) is 36.1 Å². The summed E-state index contributed by atoms with van der Waals surface area (Å²) in [6.07, 6.45) is 1.06. The highest BCUT2D eigenvalue weighted by atomic mass is 32.2. The Bertz CT molecular complexity index is 1730. The number of thioether (sulfide) groups is 2. The number of hydrogen-bond donors (Lipinski definition) is 6. The summed E-state index contributed by atoms with van der Waals surface area (Å²) in [6, 6.07) is 1.35. The number of carbonyl (C=O) groups excluding carboxylic acids is 3. The molecule has 2 aliphatic heterocycles. The van der Waals surface area contributed by atoms with Crippen LogP contribution in [-0.2, 0) is 21.4 Å². The van der Waals surface area contributed by atoms with Crippen LogP contribution < -0.4 is 26.8 Å². The van der Waals surface area contributed by atoms with Crippen molar-refractivity contribution in [3.05, 3.63) is 57.6 Å². The highest BCUT2D eigenvalue weighted by Gasteiger charge is 2.55. The topological polar surface area (TPSA) is 255 Å². The molecule has 3 aromatic rings. The number of tetrazole rings is 1. The van der Waals surface area contributed by atoms with E-state index in [1.807, 2.05) is 0 Å². The van der Waals surface area contributed by atoms with Gasteiger partial charge in [-0.3, -0.25) is 29.2 Å². The maximum absolute atomic E-state index is 13.9. The molecule has 2 aromatic heterocycles. The van der Waals surface area contributed by atoms with Gasteiger partial charge in [0, 0.05) is 25.6 Å². The van der Waals surface area contributed by atoms with Crippen LogP contribution in [0.15, 0.2) is 51.7 Å². The Morgan fingerprint density at radius 3 is 2.59 bits per heavy atom. The molecular formula is C24H25N11O7S2. The molecule has 2 unspecified atom stereocenters. The number of carboxylic acids is 1. The van der Waals surface area contributed by atoms with Crippen molar-refractivity contribution in [2.45, 2.75) is 22.6 Å². The minimum atomic E-state index is -1.58. The van der Waals surface area contributed by atoms with E-state index in [0.29, 0.717) is 10.7 Å². The van der Waals surface area contributed by atoms with E-state index in [9.17, 15) is 34.2 Å². The van der Waals surface area contributed by atoms with Crippen molar-refractivity contribution in [2.75, 3.05) is 28.8 Å².